The van der Waals surface area contributed by atoms with Gasteiger partial charge in [-0.25, -0.2) is 9.24 Å². The molecule has 0 aromatic heterocycles. The molecule has 0 bridgehead atoms. The van der Waals surface area contributed by atoms with Crippen molar-refractivity contribution in [1.82, 2.24) is 0 Å². The van der Waals surface area contributed by atoms with Crippen LogP contribution >= 0.6 is 0 Å². The molecule has 128 valence electrons. The first-order valence-corrected chi connectivity index (χ1v) is 8.11. The molecule has 0 N–H and O–H groups in total. The second-order valence-corrected chi connectivity index (χ2v) is 5.82. The average Bonchev–Trinajstić information content (AvgIpc) is 2.67. The Morgan fingerprint density at radius 3 is 2.46 bits per heavy atom. The molecule has 0 fully saturated rings. The van der Waals surface area contributed by atoms with Crippen molar-refractivity contribution in [2.75, 3.05) is 0 Å². The molecular weight excluding hydrogens is 329 g/mol. The van der Waals surface area contributed by atoms with E-state index in [2.05, 4.69) is 4.85 Å². The minimum Gasteiger partial charge on any atom is -0.489 e. The Hall–Kier alpha value is -3.45. The van der Waals surface area contributed by atoms with Crippen LogP contribution in [0, 0.1) is 12.4 Å². The maximum atomic E-state index is 13.2. The topological polar surface area (TPSA) is 30.7 Å². The number of ketones is 1. The number of carbonyl (C=O) groups is 1. The zero-order valence-electron chi connectivity index (χ0n) is 14.0. The van der Waals surface area contributed by atoms with Gasteiger partial charge in [0.05, 0.1) is 6.57 Å². The average molecular weight is 345 g/mol. The number of Topliss-reactive ketones (excluding diaryl/α,β-unsaturated/α-hetero) is 1. The highest BCUT2D eigenvalue weighted by molar-refractivity contribution is 5.97. The molecular formula is C22H16FNO2. The lowest BCUT2D eigenvalue weighted by molar-refractivity contribution is 0.0992. The highest BCUT2D eigenvalue weighted by Gasteiger charge is 2.09. The lowest BCUT2D eigenvalue weighted by Gasteiger charge is -2.08. The van der Waals surface area contributed by atoms with E-state index in [1.807, 2.05) is 0 Å². The highest BCUT2D eigenvalue weighted by Crippen LogP contribution is 2.18. The van der Waals surface area contributed by atoms with E-state index in [-0.39, 0.29) is 24.6 Å². The van der Waals surface area contributed by atoms with Crippen molar-refractivity contribution in [2.45, 2.75) is 13.0 Å². The maximum absolute atomic E-state index is 13.2. The van der Waals surface area contributed by atoms with Gasteiger partial charge in [-0.1, -0.05) is 48.5 Å². The van der Waals surface area contributed by atoms with Crippen LogP contribution in [0.2, 0.25) is 0 Å². The molecule has 0 aliphatic rings. The predicted octanol–water partition coefficient (Wildman–Crippen LogP) is 5.38. The summed E-state index contributed by atoms with van der Waals surface area (Å²) in [7, 11) is 0. The zero-order chi connectivity index (χ0) is 18.4. The Balaban J connectivity index is 1.65. The summed E-state index contributed by atoms with van der Waals surface area (Å²) in [4.78, 5) is 15.8. The summed E-state index contributed by atoms with van der Waals surface area (Å²) in [5.74, 6) is 0.222. The van der Waals surface area contributed by atoms with E-state index < -0.39 is 0 Å². The molecule has 0 radical (unpaired) electrons. The first-order valence-electron chi connectivity index (χ1n) is 8.11. The van der Waals surface area contributed by atoms with E-state index in [1.54, 1.807) is 60.7 Å². The van der Waals surface area contributed by atoms with E-state index >= 15 is 0 Å². The van der Waals surface area contributed by atoms with Crippen molar-refractivity contribution in [3.8, 4) is 5.75 Å². The third-order valence-electron chi connectivity index (χ3n) is 3.88. The van der Waals surface area contributed by atoms with Crippen molar-refractivity contribution in [3.63, 3.8) is 0 Å². The van der Waals surface area contributed by atoms with E-state index in [0.29, 0.717) is 17.0 Å². The molecule has 0 amide bonds. The van der Waals surface area contributed by atoms with Crippen LogP contribution in [-0.2, 0) is 13.0 Å². The monoisotopic (exact) mass is 345 g/mol. The first-order chi connectivity index (χ1) is 12.6. The summed E-state index contributed by atoms with van der Waals surface area (Å²) in [6.45, 7) is 7.18. The van der Waals surface area contributed by atoms with Gasteiger partial charge >= 0.3 is 0 Å². The summed E-state index contributed by atoms with van der Waals surface area (Å²) in [6.07, 6.45) is 0.256. The lowest BCUT2D eigenvalue weighted by Crippen LogP contribution is -2.04. The molecule has 26 heavy (non-hydrogen) atoms. The van der Waals surface area contributed by atoms with Gasteiger partial charge in [-0.3, -0.25) is 4.79 Å². The Bertz CT molecular complexity index is 958. The number of rotatable bonds is 6. The molecule has 3 aromatic carbocycles. The quantitative estimate of drug-likeness (QED) is 0.443. The van der Waals surface area contributed by atoms with Crippen LogP contribution in [0.3, 0.4) is 0 Å². The van der Waals surface area contributed by atoms with Gasteiger partial charge in [0, 0.05) is 12.0 Å². The van der Waals surface area contributed by atoms with Gasteiger partial charge in [-0.2, -0.15) is 0 Å². The Labute approximate surface area is 151 Å². The van der Waals surface area contributed by atoms with Crippen LogP contribution in [0.5, 0.6) is 5.75 Å². The van der Waals surface area contributed by atoms with Crippen LogP contribution in [0.25, 0.3) is 4.85 Å². The largest absolute Gasteiger partial charge is 0.489 e. The van der Waals surface area contributed by atoms with E-state index in [4.69, 9.17) is 11.3 Å². The van der Waals surface area contributed by atoms with E-state index in [0.717, 1.165) is 11.1 Å². The second kappa shape index (κ2) is 8.09. The van der Waals surface area contributed by atoms with Gasteiger partial charge in [0.25, 0.3) is 0 Å². The molecule has 3 aromatic rings. The number of ether oxygens (including phenoxy) is 1. The predicted molar refractivity (Wildman–Crippen MR) is 97.9 cm³/mol. The molecule has 0 spiro atoms. The normalized spacial score (nSPS) is 10.2. The molecule has 3 rings (SSSR count). The molecule has 4 heteroatoms. The van der Waals surface area contributed by atoms with E-state index in [9.17, 15) is 9.18 Å². The Kier molecular flexibility index (Phi) is 5.40. The van der Waals surface area contributed by atoms with Gasteiger partial charge in [0.1, 0.15) is 18.2 Å². The minimum absolute atomic E-state index is 0.0308. The number of carbonyl (C=O) groups excluding carboxylic acids is 1. The third kappa shape index (κ3) is 4.55. The summed E-state index contributed by atoms with van der Waals surface area (Å²) < 4.78 is 18.9. The van der Waals surface area contributed by atoms with Gasteiger partial charge in [0.15, 0.2) is 11.5 Å². The first kappa shape index (κ1) is 17.4. The van der Waals surface area contributed by atoms with Crippen molar-refractivity contribution >= 4 is 11.5 Å². The van der Waals surface area contributed by atoms with Crippen molar-refractivity contribution < 1.29 is 13.9 Å². The number of hydrogen-bond acceptors (Lipinski definition) is 2. The van der Waals surface area contributed by atoms with Gasteiger partial charge in [0.2, 0.25) is 0 Å². The second-order valence-electron chi connectivity index (χ2n) is 5.82. The molecule has 0 aliphatic heterocycles. The standard InChI is InChI=1S/C22H16FNO2/c1-24-20-10-8-16(9-11-20)13-22(25)18-5-3-7-21(14-18)26-15-17-4-2-6-19(23)12-17/h2-12,14H,13,15H2. The minimum atomic E-state index is -0.306. The number of halogens is 1. The third-order valence-corrected chi connectivity index (χ3v) is 3.88. The van der Waals surface area contributed by atoms with Gasteiger partial charge in [-0.15, -0.1) is 0 Å². The van der Waals surface area contributed by atoms with Crippen LogP contribution in [0.15, 0.2) is 72.8 Å². The maximum Gasteiger partial charge on any atom is 0.187 e. The van der Waals surface area contributed by atoms with Gasteiger partial charge < -0.3 is 4.74 Å². The molecule has 0 atom stereocenters. The van der Waals surface area contributed by atoms with Crippen LogP contribution in [0.1, 0.15) is 21.5 Å². The van der Waals surface area contributed by atoms with Crippen molar-refractivity contribution in [1.29, 1.82) is 0 Å². The van der Waals surface area contributed by atoms with Crippen LogP contribution in [-0.4, -0.2) is 5.78 Å². The lowest BCUT2D eigenvalue weighted by atomic mass is 10.0. The van der Waals surface area contributed by atoms with Crippen LogP contribution < -0.4 is 4.74 Å². The van der Waals surface area contributed by atoms with Crippen LogP contribution in [0.4, 0.5) is 10.1 Å². The molecule has 0 saturated heterocycles. The van der Waals surface area contributed by atoms with Gasteiger partial charge in [-0.05, 0) is 35.4 Å². The van der Waals surface area contributed by atoms with E-state index in [1.165, 1.54) is 12.1 Å². The fourth-order valence-corrected chi connectivity index (χ4v) is 2.53. The number of benzene rings is 3. The number of hydrogen-bond donors (Lipinski definition) is 0. The van der Waals surface area contributed by atoms with Crippen molar-refractivity contribution in [2.24, 2.45) is 0 Å². The summed E-state index contributed by atoms with van der Waals surface area (Å²) in [5, 5.41) is 0. The summed E-state index contributed by atoms with van der Waals surface area (Å²) in [6, 6.07) is 20.2. The summed E-state index contributed by atoms with van der Waals surface area (Å²) >= 11 is 0. The Morgan fingerprint density at radius 1 is 0.962 bits per heavy atom. The smallest absolute Gasteiger partial charge is 0.187 e. The fourth-order valence-electron chi connectivity index (χ4n) is 2.53. The molecule has 0 aliphatic carbocycles. The molecule has 3 nitrogen and oxygen atoms in total. The SMILES string of the molecule is [C-]#[N+]c1ccc(CC(=O)c2cccc(OCc3cccc(F)c3)c2)cc1. The summed E-state index contributed by atoms with van der Waals surface area (Å²) in [5.41, 5.74) is 2.68. The number of nitrogens with zero attached hydrogens (tertiary/aromatic N) is 1. The highest BCUT2D eigenvalue weighted by atomic mass is 19.1. The zero-order valence-corrected chi connectivity index (χ0v) is 14.0. The molecule has 0 unspecified atom stereocenters. The Morgan fingerprint density at radius 2 is 1.73 bits per heavy atom. The fraction of sp³-hybridized carbons (Fsp3) is 0.0909. The molecule has 0 heterocycles. The molecule has 0 saturated carbocycles. The van der Waals surface area contributed by atoms with Crippen molar-refractivity contribution in [3.05, 3.63) is 107 Å².